The first-order chi connectivity index (χ1) is 22.4. The molecule has 0 amide bonds. The van der Waals surface area contributed by atoms with Gasteiger partial charge in [-0.2, -0.15) is 4.40 Å². The Morgan fingerprint density at radius 3 is 2.38 bits per heavy atom. The lowest BCUT2D eigenvalue weighted by Crippen LogP contribution is -2.39. The van der Waals surface area contributed by atoms with Gasteiger partial charge >= 0.3 is 0 Å². The molecule has 0 aliphatic carbocycles. The number of benzene rings is 3. The Balaban J connectivity index is 1.43. The summed E-state index contributed by atoms with van der Waals surface area (Å²) in [5.74, 6) is -1.03. The summed E-state index contributed by atoms with van der Waals surface area (Å²) in [5, 5.41) is 3.43. The minimum absolute atomic E-state index is 0.0360. The van der Waals surface area contributed by atoms with Crippen molar-refractivity contribution in [1.29, 1.82) is 0 Å². The van der Waals surface area contributed by atoms with E-state index in [0.717, 1.165) is 59.4 Å². The van der Waals surface area contributed by atoms with E-state index in [1.54, 1.807) is 30.3 Å². The van der Waals surface area contributed by atoms with Gasteiger partial charge in [-0.25, -0.2) is 22.4 Å². The number of nitrogens with zero attached hydrogens (tertiary/aromatic N) is 3. The van der Waals surface area contributed by atoms with Crippen LogP contribution in [0.3, 0.4) is 0 Å². The number of rotatable bonds is 10. The molecule has 5 nitrogen and oxygen atoms in total. The van der Waals surface area contributed by atoms with Gasteiger partial charge in [0.05, 0.1) is 9.92 Å². The molecule has 2 unspecified atom stereocenters. The van der Waals surface area contributed by atoms with E-state index >= 15 is 0 Å². The normalized spacial score (nSPS) is 18.5. The van der Waals surface area contributed by atoms with E-state index in [9.17, 15) is 17.4 Å². The molecule has 0 saturated carbocycles. The molecule has 2 atom stereocenters. The molecule has 5 rings (SSSR count). The predicted molar refractivity (Wildman–Crippen MR) is 189 cm³/mol. The van der Waals surface area contributed by atoms with Crippen LogP contribution in [0.25, 0.3) is 0 Å². The minimum atomic E-state index is -1.63. The second kappa shape index (κ2) is 15.0. The Kier molecular flexibility index (Phi) is 11.3. The molecule has 3 aromatic carbocycles. The van der Waals surface area contributed by atoms with E-state index in [1.807, 2.05) is 38.7 Å². The lowest BCUT2D eigenvalue weighted by atomic mass is 9.78. The van der Waals surface area contributed by atoms with Crippen molar-refractivity contribution < 1.29 is 17.4 Å². The summed E-state index contributed by atoms with van der Waals surface area (Å²) in [7, 11) is -1.63. The Morgan fingerprint density at radius 2 is 1.74 bits per heavy atom. The zero-order valence-corrected chi connectivity index (χ0v) is 29.6. The number of hydrazine groups is 1. The molecule has 0 spiro atoms. The van der Waals surface area contributed by atoms with E-state index in [-0.39, 0.29) is 11.7 Å². The van der Waals surface area contributed by atoms with E-state index in [1.165, 1.54) is 30.0 Å². The average Bonchev–Trinajstić information content (AvgIpc) is 3.56. The standard InChI is InChI=1S/C36H40ClF3N4OS2/c1-6-34(41-43-17-7-8-18-43)42-47(45)29-15-9-25(30(37)21-29)22-46-35-24(3)23(2)19-33(36(4,5)26-10-12-27(38)13-11-26)44(35)28-14-16-31(39)32(40)20-28/h9-16,19-21,23H,6-8,17-18,22H2,1-5H3,(H,41,42). The first kappa shape index (κ1) is 35.3. The zero-order chi connectivity index (χ0) is 33.9. The largest absolute Gasteiger partial charge is 0.308 e. The summed E-state index contributed by atoms with van der Waals surface area (Å²) in [5.41, 5.74) is 6.77. The fourth-order valence-electron chi connectivity index (χ4n) is 5.71. The van der Waals surface area contributed by atoms with Crippen LogP contribution in [0.2, 0.25) is 5.02 Å². The first-order valence-corrected chi connectivity index (χ1v) is 18.2. The van der Waals surface area contributed by atoms with Gasteiger partial charge in [0.1, 0.15) is 11.7 Å². The van der Waals surface area contributed by atoms with E-state index in [4.69, 9.17) is 11.6 Å². The number of amidine groups is 1. The first-order valence-electron chi connectivity index (χ1n) is 15.8. The van der Waals surface area contributed by atoms with Gasteiger partial charge in [0.15, 0.2) is 22.6 Å². The summed E-state index contributed by atoms with van der Waals surface area (Å²) in [6.45, 7) is 12.1. The maximum Gasteiger partial charge on any atom is 0.174 e. The third-order valence-electron chi connectivity index (χ3n) is 8.75. The monoisotopic (exact) mass is 700 g/mol. The third-order valence-corrected chi connectivity index (χ3v) is 11.4. The number of hydrogen-bond donors (Lipinski definition) is 1. The van der Waals surface area contributed by atoms with Gasteiger partial charge in [-0.15, -0.1) is 11.8 Å². The van der Waals surface area contributed by atoms with Gasteiger partial charge in [-0.05, 0) is 78.8 Å². The van der Waals surface area contributed by atoms with Gasteiger partial charge in [-0.1, -0.05) is 63.6 Å². The van der Waals surface area contributed by atoms with Gasteiger partial charge in [0.25, 0.3) is 0 Å². The van der Waals surface area contributed by atoms with Crippen molar-refractivity contribution in [3.8, 4) is 0 Å². The van der Waals surface area contributed by atoms with Crippen LogP contribution in [0.15, 0.2) is 92.3 Å². The molecule has 0 bridgehead atoms. The van der Waals surface area contributed by atoms with Crippen molar-refractivity contribution in [2.75, 3.05) is 18.0 Å². The Morgan fingerprint density at radius 1 is 1.04 bits per heavy atom. The molecular formula is C36H40ClF3N4OS2. The Hall–Kier alpha value is -3.05. The highest BCUT2D eigenvalue weighted by atomic mass is 35.5. The number of anilines is 1. The van der Waals surface area contributed by atoms with Crippen LogP contribution >= 0.6 is 23.4 Å². The fraction of sp³-hybridized carbons (Fsp3) is 0.361. The van der Waals surface area contributed by atoms with Gasteiger partial charge in [0.2, 0.25) is 0 Å². The summed E-state index contributed by atoms with van der Waals surface area (Å²) in [4.78, 5) is 2.48. The number of hydrogen-bond acceptors (Lipinski definition) is 4. The molecular weight excluding hydrogens is 661 g/mol. The van der Waals surface area contributed by atoms with E-state index in [0.29, 0.717) is 33.6 Å². The molecule has 2 heterocycles. The number of nitrogens with one attached hydrogen (secondary N) is 1. The van der Waals surface area contributed by atoms with Crippen LogP contribution in [-0.4, -0.2) is 28.1 Å². The highest BCUT2D eigenvalue weighted by Crippen LogP contribution is 2.47. The van der Waals surface area contributed by atoms with E-state index in [2.05, 4.69) is 27.8 Å². The van der Waals surface area contributed by atoms with Crippen LogP contribution in [0.1, 0.15) is 65.0 Å². The summed E-state index contributed by atoms with van der Waals surface area (Å²) >= 11 is 8.31. The van der Waals surface area contributed by atoms with Gasteiger partial charge in [0, 0.05) is 53.2 Å². The molecule has 0 aromatic heterocycles. The Bertz CT molecular complexity index is 1740. The smallest absolute Gasteiger partial charge is 0.174 e. The molecule has 3 aromatic rings. The summed E-state index contributed by atoms with van der Waals surface area (Å²) < 4.78 is 60.3. The molecule has 250 valence electrons. The highest BCUT2D eigenvalue weighted by molar-refractivity contribution is 8.02. The third kappa shape index (κ3) is 7.99. The topological polar surface area (TPSA) is 47.9 Å². The molecule has 47 heavy (non-hydrogen) atoms. The van der Waals surface area contributed by atoms with Crippen LogP contribution in [-0.2, 0) is 22.2 Å². The Labute approximate surface area is 287 Å². The van der Waals surface area contributed by atoms with Crippen molar-refractivity contribution in [2.24, 2.45) is 10.3 Å². The molecule has 11 heteroatoms. The molecule has 2 aliphatic rings. The summed E-state index contributed by atoms with van der Waals surface area (Å²) in [6.07, 6.45) is 5.00. The zero-order valence-electron chi connectivity index (χ0n) is 27.2. The SMILES string of the molecule is CCC(=NS(=O)c1ccc(CSC2=C(C)C(C)C=C(C(C)(C)c3ccc(F)cc3)N2c2ccc(F)c(F)c2)c(Cl)c1)NN1CCCC1. The van der Waals surface area contributed by atoms with Crippen LogP contribution in [0.4, 0.5) is 18.9 Å². The molecule has 0 radical (unpaired) electrons. The molecule has 1 N–H and O–H groups in total. The lowest BCUT2D eigenvalue weighted by molar-refractivity contribution is 0.293. The second-order valence-electron chi connectivity index (χ2n) is 12.4. The van der Waals surface area contributed by atoms with Crippen LogP contribution < -0.4 is 10.3 Å². The maximum absolute atomic E-state index is 14.7. The fourth-order valence-corrected chi connectivity index (χ4v) is 8.27. The van der Waals surface area contributed by atoms with Crippen LogP contribution in [0, 0.1) is 23.4 Å². The van der Waals surface area contributed by atoms with Gasteiger partial charge < -0.3 is 10.3 Å². The number of thioether (sulfide) groups is 1. The predicted octanol–water partition coefficient (Wildman–Crippen LogP) is 9.67. The van der Waals surface area contributed by atoms with Crippen molar-refractivity contribution in [2.45, 2.75) is 69.9 Å². The molecule has 2 aliphatic heterocycles. The average molecular weight is 701 g/mol. The summed E-state index contributed by atoms with van der Waals surface area (Å²) in [6, 6.07) is 15.6. The van der Waals surface area contributed by atoms with E-state index < -0.39 is 28.0 Å². The molecule has 1 fully saturated rings. The van der Waals surface area contributed by atoms with Gasteiger partial charge in [-0.3, -0.25) is 0 Å². The minimum Gasteiger partial charge on any atom is -0.308 e. The lowest BCUT2D eigenvalue weighted by Gasteiger charge is -2.43. The molecule has 1 saturated heterocycles. The van der Waals surface area contributed by atoms with Crippen molar-refractivity contribution >= 4 is 45.9 Å². The maximum atomic E-state index is 14.7. The van der Waals surface area contributed by atoms with Crippen molar-refractivity contribution in [3.63, 3.8) is 0 Å². The van der Waals surface area contributed by atoms with Crippen molar-refractivity contribution in [1.82, 2.24) is 10.4 Å². The quantitative estimate of drug-likeness (QED) is 0.169. The number of halogens is 4. The highest BCUT2D eigenvalue weighted by Gasteiger charge is 2.37. The second-order valence-corrected chi connectivity index (χ2v) is 14.9. The van der Waals surface area contributed by atoms with Crippen molar-refractivity contribution in [3.05, 3.63) is 117 Å². The number of allylic oxidation sites excluding steroid dienone is 3. The van der Waals surface area contributed by atoms with Crippen LogP contribution in [0.5, 0.6) is 0 Å².